The molecule has 5 rings (SSSR count). The van der Waals surface area contributed by atoms with Crippen LogP contribution in [-0.2, 0) is 4.79 Å². The van der Waals surface area contributed by atoms with Gasteiger partial charge in [-0.05, 0) is 50.1 Å². The molecule has 34 heavy (non-hydrogen) atoms. The molecule has 2 N–H and O–H groups in total. The number of amides is 2. The maximum atomic E-state index is 13.4. The van der Waals surface area contributed by atoms with E-state index in [0.29, 0.717) is 45.5 Å². The third kappa shape index (κ3) is 4.32. The van der Waals surface area contributed by atoms with Crippen LogP contribution in [0, 0.1) is 6.92 Å². The van der Waals surface area contributed by atoms with Gasteiger partial charge in [0.15, 0.2) is 18.1 Å². The second-order valence-electron chi connectivity index (χ2n) is 8.20. The quantitative estimate of drug-likeness (QED) is 0.441. The molecule has 0 unspecified atom stereocenters. The molecule has 1 fully saturated rings. The highest BCUT2D eigenvalue weighted by Gasteiger charge is 2.29. The number of rotatable bonds is 7. The number of anilines is 1. The smallest absolute Gasteiger partial charge is 0.257 e. The number of aryl methyl sites for hydroxylation is 1. The predicted octanol–water partition coefficient (Wildman–Crippen LogP) is 3.38. The Hall–Kier alpha value is -4.27. The Kier molecular flexibility index (Phi) is 5.67. The second kappa shape index (κ2) is 8.93. The van der Waals surface area contributed by atoms with Crippen molar-refractivity contribution in [3.8, 4) is 11.6 Å². The van der Waals surface area contributed by atoms with Gasteiger partial charge < -0.3 is 15.4 Å². The Balaban J connectivity index is 1.50. The minimum Gasteiger partial charge on any atom is -0.484 e. The van der Waals surface area contributed by atoms with Crippen LogP contribution in [0.3, 0.4) is 0 Å². The van der Waals surface area contributed by atoms with E-state index in [2.05, 4.69) is 20.7 Å². The van der Waals surface area contributed by atoms with E-state index in [1.807, 2.05) is 31.2 Å². The number of aromatic nitrogens is 4. The van der Waals surface area contributed by atoms with Crippen molar-refractivity contribution in [3.05, 3.63) is 71.7 Å². The molecule has 0 aliphatic heterocycles. The maximum absolute atomic E-state index is 13.4. The standard InChI is InChI=1S/C25H24N6O3/c1-15-23-19(25(33)28-17-6-5-7-18(12-17)34-14-22(32)26-2)13-20(16-9-10-16)29-24(23)31(30-15)21-8-3-4-11-27-21/h3-8,11-13,16H,9-10,14H2,1-2H3,(H,26,32)(H,28,33). The number of carbonyl (C=O) groups excluding carboxylic acids is 2. The van der Waals surface area contributed by atoms with Gasteiger partial charge >= 0.3 is 0 Å². The average Bonchev–Trinajstić information content (AvgIpc) is 3.66. The number of hydrogen-bond donors (Lipinski definition) is 2. The van der Waals surface area contributed by atoms with Crippen molar-refractivity contribution in [2.75, 3.05) is 19.0 Å². The van der Waals surface area contributed by atoms with Crippen molar-refractivity contribution in [3.63, 3.8) is 0 Å². The number of fused-ring (bicyclic) bond motifs is 1. The van der Waals surface area contributed by atoms with Crippen LogP contribution in [0.1, 0.15) is 40.5 Å². The predicted molar refractivity (Wildman–Crippen MR) is 127 cm³/mol. The lowest BCUT2D eigenvalue weighted by Gasteiger charge is -2.11. The third-order valence-electron chi connectivity index (χ3n) is 5.68. The fraction of sp³-hybridized carbons (Fsp3) is 0.240. The number of nitrogens with zero attached hydrogens (tertiary/aromatic N) is 4. The molecule has 9 nitrogen and oxygen atoms in total. The summed E-state index contributed by atoms with van der Waals surface area (Å²) in [6, 6.07) is 14.4. The molecular formula is C25H24N6O3. The van der Waals surface area contributed by atoms with E-state index in [1.165, 1.54) is 0 Å². The van der Waals surface area contributed by atoms with Gasteiger partial charge in [0.1, 0.15) is 5.75 Å². The molecule has 3 heterocycles. The van der Waals surface area contributed by atoms with Gasteiger partial charge in [-0.3, -0.25) is 9.59 Å². The van der Waals surface area contributed by atoms with Crippen LogP contribution in [0.4, 0.5) is 5.69 Å². The molecule has 4 aromatic rings. The summed E-state index contributed by atoms with van der Waals surface area (Å²) in [5.74, 6) is 0.986. The molecule has 1 aliphatic carbocycles. The number of ether oxygens (including phenoxy) is 1. The van der Waals surface area contributed by atoms with Crippen LogP contribution in [0.5, 0.6) is 5.75 Å². The Bertz CT molecular complexity index is 1380. The highest BCUT2D eigenvalue weighted by atomic mass is 16.5. The fourth-order valence-corrected chi connectivity index (χ4v) is 3.80. The van der Waals surface area contributed by atoms with Crippen LogP contribution >= 0.6 is 0 Å². The number of nitrogens with one attached hydrogen (secondary N) is 2. The summed E-state index contributed by atoms with van der Waals surface area (Å²) in [6.45, 7) is 1.76. The lowest BCUT2D eigenvalue weighted by atomic mass is 10.1. The summed E-state index contributed by atoms with van der Waals surface area (Å²) >= 11 is 0. The van der Waals surface area contributed by atoms with Gasteiger partial charge in [-0.15, -0.1) is 0 Å². The van der Waals surface area contributed by atoms with Crippen molar-refractivity contribution in [1.29, 1.82) is 0 Å². The second-order valence-corrected chi connectivity index (χ2v) is 8.20. The minimum absolute atomic E-state index is 0.102. The van der Waals surface area contributed by atoms with Crippen LogP contribution in [0.2, 0.25) is 0 Å². The Morgan fingerprint density at radius 1 is 1.15 bits per heavy atom. The average molecular weight is 457 g/mol. The van der Waals surface area contributed by atoms with E-state index < -0.39 is 0 Å². The van der Waals surface area contributed by atoms with Gasteiger partial charge in [-0.2, -0.15) is 9.78 Å². The zero-order valence-electron chi connectivity index (χ0n) is 18.9. The molecule has 0 saturated heterocycles. The first-order chi connectivity index (χ1) is 16.5. The van der Waals surface area contributed by atoms with Gasteiger partial charge in [-0.1, -0.05) is 12.1 Å². The van der Waals surface area contributed by atoms with Gasteiger partial charge in [0.05, 0.1) is 16.6 Å². The van der Waals surface area contributed by atoms with E-state index in [1.54, 1.807) is 42.2 Å². The van der Waals surface area contributed by atoms with Crippen molar-refractivity contribution < 1.29 is 14.3 Å². The first-order valence-corrected chi connectivity index (χ1v) is 11.1. The van der Waals surface area contributed by atoms with Crippen molar-refractivity contribution in [2.24, 2.45) is 0 Å². The highest BCUT2D eigenvalue weighted by Crippen LogP contribution is 2.40. The number of likely N-dealkylation sites (N-methyl/N-ethyl adjacent to an activating group) is 1. The summed E-state index contributed by atoms with van der Waals surface area (Å²) in [6.07, 6.45) is 3.82. The van der Waals surface area contributed by atoms with Gasteiger partial charge in [-0.25, -0.2) is 9.97 Å². The topological polar surface area (TPSA) is 111 Å². The number of benzene rings is 1. The van der Waals surface area contributed by atoms with Gasteiger partial charge in [0, 0.05) is 36.6 Å². The van der Waals surface area contributed by atoms with Gasteiger partial charge in [0.2, 0.25) is 0 Å². The zero-order valence-corrected chi connectivity index (χ0v) is 18.9. The Labute approximate surface area is 196 Å². The summed E-state index contributed by atoms with van der Waals surface area (Å²) < 4.78 is 7.19. The molecule has 0 atom stereocenters. The lowest BCUT2D eigenvalue weighted by Crippen LogP contribution is -2.24. The number of hydrogen-bond acceptors (Lipinski definition) is 6. The molecule has 2 amide bonds. The summed E-state index contributed by atoms with van der Waals surface area (Å²) in [7, 11) is 1.55. The fourth-order valence-electron chi connectivity index (χ4n) is 3.80. The Morgan fingerprint density at radius 3 is 2.74 bits per heavy atom. The summed E-state index contributed by atoms with van der Waals surface area (Å²) in [5, 5.41) is 10.8. The molecule has 1 aromatic carbocycles. The van der Waals surface area contributed by atoms with E-state index in [-0.39, 0.29) is 18.4 Å². The van der Waals surface area contributed by atoms with Crippen LogP contribution < -0.4 is 15.4 Å². The number of pyridine rings is 2. The molecule has 9 heteroatoms. The first-order valence-electron chi connectivity index (χ1n) is 11.1. The zero-order chi connectivity index (χ0) is 23.7. The van der Waals surface area contributed by atoms with Crippen molar-refractivity contribution >= 4 is 28.5 Å². The minimum atomic E-state index is -0.263. The van der Waals surface area contributed by atoms with E-state index in [0.717, 1.165) is 18.5 Å². The van der Waals surface area contributed by atoms with E-state index in [4.69, 9.17) is 9.72 Å². The molecule has 3 aromatic heterocycles. The third-order valence-corrected chi connectivity index (χ3v) is 5.68. The van der Waals surface area contributed by atoms with Crippen LogP contribution in [-0.4, -0.2) is 45.2 Å². The van der Waals surface area contributed by atoms with Crippen LogP contribution in [0.25, 0.3) is 16.9 Å². The Morgan fingerprint density at radius 2 is 2.00 bits per heavy atom. The molecule has 0 spiro atoms. The van der Waals surface area contributed by atoms with E-state index >= 15 is 0 Å². The number of carbonyl (C=O) groups is 2. The molecular weight excluding hydrogens is 432 g/mol. The monoisotopic (exact) mass is 456 g/mol. The van der Waals surface area contributed by atoms with Crippen LogP contribution in [0.15, 0.2) is 54.7 Å². The molecule has 0 radical (unpaired) electrons. The van der Waals surface area contributed by atoms with E-state index in [9.17, 15) is 9.59 Å². The SMILES string of the molecule is CNC(=O)COc1cccc(NC(=O)c2cc(C3CC3)nc3c2c(C)nn3-c2ccccn2)c1. The van der Waals surface area contributed by atoms with Gasteiger partial charge in [0.25, 0.3) is 11.8 Å². The van der Waals surface area contributed by atoms with Crippen molar-refractivity contribution in [1.82, 2.24) is 25.1 Å². The highest BCUT2D eigenvalue weighted by molar-refractivity contribution is 6.13. The largest absolute Gasteiger partial charge is 0.484 e. The molecule has 1 aliphatic rings. The lowest BCUT2D eigenvalue weighted by molar-refractivity contribution is -0.122. The summed E-state index contributed by atoms with van der Waals surface area (Å²) in [4.78, 5) is 34.2. The molecule has 1 saturated carbocycles. The molecule has 172 valence electrons. The van der Waals surface area contributed by atoms with Crippen molar-refractivity contribution in [2.45, 2.75) is 25.7 Å². The molecule has 0 bridgehead atoms. The first kappa shape index (κ1) is 21.6. The summed E-state index contributed by atoms with van der Waals surface area (Å²) in [5.41, 5.74) is 3.28. The maximum Gasteiger partial charge on any atom is 0.257 e. The normalized spacial score (nSPS) is 13.0.